The Hall–Kier alpha value is -2.04. The molecule has 116 valence electrons. The van der Waals surface area contributed by atoms with Crippen molar-refractivity contribution in [2.75, 3.05) is 12.4 Å². The molecule has 0 fully saturated rings. The number of nitrogens with one attached hydrogen (secondary N) is 1. The Morgan fingerprint density at radius 3 is 2.52 bits per heavy atom. The monoisotopic (exact) mass is 293 g/mol. The highest BCUT2D eigenvalue weighted by molar-refractivity contribution is 5.95. The molecule has 0 aliphatic heterocycles. The molecule has 0 saturated heterocycles. The number of hydrogen-bond acceptors (Lipinski definition) is 3. The third-order valence-electron chi connectivity index (χ3n) is 3.23. The van der Waals surface area contributed by atoms with Gasteiger partial charge in [-0.05, 0) is 24.6 Å². The number of aromatic carboxylic acids is 1. The van der Waals surface area contributed by atoms with Crippen molar-refractivity contribution >= 4 is 17.6 Å². The summed E-state index contributed by atoms with van der Waals surface area (Å²) in [6.45, 7) is 2.15. The minimum Gasteiger partial charge on any atom is -0.495 e. The maximum absolute atomic E-state index is 11.9. The van der Waals surface area contributed by atoms with Crippen molar-refractivity contribution in [1.82, 2.24) is 0 Å². The van der Waals surface area contributed by atoms with Crippen molar-refractivity contribution < 1.29 is 19.4 Å². The summed E-state index contributed by atoms with van der Waals surface area (Å²) in [5.41, 5.74) is 0.519. The number of carbonyl (C=O) groups is 2. The molecule has 0 aliphatic carbocycles. The molecule has 21 heavy (non-hydrogen) atoms. The van der Waals surface area contributed by atoms with Crippen LogP contribution in [-0.2, 0) is 4.79 Å². The van der Waals surface area contributed by atoms with Gasteiger partial charge in [0.25, 0.3) is 0 Å². The Labute approximate surface area is 125 Å². The summed E-state index contributed by atoms with van der Waals surface area (Å²) in [5, 5.41) is 11.7. The maximum atomic E-state index is 11.9. The zero-order chi connectivity index (χ0) is 15.7. The number of carboxylic acid groups (broad SMARTS) is 1. The molecule has 0 heterocycles. The Morgan fingerprint density at radius 1 is 1.19 bits per heavy atom. The minimum absolute atomic E-state index is 0.118. The first-order valence-corrected chi connectivity index (χ1v) is 7.29. The summed E-state index contributed by atoms with van der Waals surface area (Å²) in [5.74, 6) is -0.695. The van der Waals surface area contributed by atoms with E-state index in [2.05, 4.69) is 12.2 Å². The SMILES string of the molecule is CCCCCCCC(=O)Nc1cc(C(=O)O)ccc1OC. The van der Waals surface area contributed by atoms with Crippen molar-refractivity contribution in [2.45, 2.75) is 45.4 Å². The van der Waals surface area contributed by atoms with Gasteiger partial charge in [-0.1, -0.05) is 32.6 Å². The number of ether oxygens (including phenoxy) is 1. The second-order valence-electron chi connectivity index (χ2n) is 4.93. The molecule has 0 saturated carbocycles. The van der Waals surface area contributed by atoms with E-state index >= 15 is 0 Å². The number of carbonyl (C=O) groups excluding carboxylic acids is 1. The second-order valence-corrected chi connectivity index (χ2v) is 4.93. The Balaban J connectivity index is 2.57. The van der Waals surface area contributed by atoms with Crippen molar-refractivity contribution in [3.63, 3.8) is 0 Å². The molecule has 0 aliphatic rings. The van der Waals surface area contributed by atoms with Crippen LogP contribution < -0.4 is 10.1 Å². The molecule has 5 heteroatoms. The van der Waals surface area contributed by atoms with E-state index in [1.165, 1.54) is 32.1 Å². The van der Waals surface area contributed by atoms with Crippen LogP contribution in [0.3, 0.4) is 0 Å². The van der Waals surface area contributed by atoms with Crippen LogP contribution in [0.4, 0.5) is 5.69 Å². The summed E-state index contributed by atoms with van der Waals surface area (Å²) in [7, 11) is 1.48. The molecule has 2 N–H and O–H groups in total. The van der Waals surface area contributed by atoms with Crippen LogP contribution in [-0.4, -0.2) is 24.1 Å². The molecule has 0 bridgehead atoms. The van der Waals surface area contributed by atoms with Crippen molar-refractivity contribution in [1.29, 1.82) is 0 Å². The Bertz CT molecular complexity index is 485. The lowest BCUT2D eigenvalue weighted by atomic mass is 10.1. The number of rotatable bonds is 9. The highest BCUT2D eigenvalue weighted by Crippen LogP contribution is 2.25. The first-order chi connectivity index (χ1) is 10.1. The number of methoxy groups -OCH3 is 1. The van der Waals surface area contributed by atoms with E-state index in [-0.39, 0.29) is 11.5 Å². The molecule has 5 nitrogen and oxygen atoms in total. The van der Waals surface area contributed by atoms with E-state index in [1.807, 2.05) is 0 Å². The fourth-order valence-electron chi connectivity index (χ4n) is 2.04. The van der Waals surface area contributed by atoms with Crippen molar-refractivity contribution in [3.05, 3.63) is 23.8 Å². The van der Waals surface area contributed by atoms with Crippen molar-refractivity contribution in [3.8, 4) is 5.75 Å². The number of anilines is 1. The molecule has 1 amide bonds. The molecule has 1 rings (SSSR count). The van der Waals surface area contributed by atoms with Gasteiger partial charge in [0.2, 0.25) is 5.91 Å². The van der Waals surface area contributed by atoms with Crippen LogP contribution in [0.15, 0.2) is 18.2 Å². The van der Waals surface area contributed by atoms with Gasteiger partial charge in [-0.3, -0.25) is 4.79 Å². The van der Waals surface area contributed by atoms with Gasteiger partial charge in [-0.15, -0.1) is 0 Å². The van der Waals surface area contributed by atoms with Gasteiger partial charge in [-0.2, -0.15) is 0 Å². The maximum Gasteiger partial charge on any atom is 0.335 e. The number of amides is 1. The van der Waals surface area contributed by atoms with Gasteiger partial charge in [-0.25, -0.2) is 4.79 Å². The zero-order valence-corrected chi connectivity index (χ0v) is 12.6. The number of benzene rings is 1. The summed E-state index contributed by atoms with van der Waals surface area (Å²) in [6, 6.07) is 4.40. The first-order valence-electron chi connectivity index (χ1n) is 7.29. The quantitative estimate of drug-likeness (QED) is 0.681. The van der Waals surface area contributed by atoms with Crippen LogP contribution in [0.1, 0.15) is 55.8 Å². The van der Waals surface area contributed by atoms with Gasteiger partial charge >= 0.3 is 5.97 Å². The van der Waals surface area contributed by atoms with E-state index in [9.17, 15) is 9.59 Å². The zero-order valence-electron chi connectivity index (χ0n) is 12.6. The lowest BCUT2D eigenvalue weighted by Crippen LogP contribution is -2.12. The second kappa shape index (κ2) is 9.00. The number of carboxylic acids is 1. The lowest BCUT2D eigenvalue weighted by molar-refractivity contribution is -0.116. The van der Waals surface area contributed by atoms with Crippen LogP contribution >= 0.6 is 0 Å². The molecule has 1 aromatic rings. The molecule has 0 atom stereocenters. The average molecular weight is 293 g/mol. The molecular weight excluding hydrogens is 270 g/mol. The third-order valence-corrected chi connectivity index (χ3v) is 3.23. The molecule has 0 spiro atoms. The number of hydrogen-bond donors (Lipinski definition) is 2. The molecule has 0 unspecified atom stereocenters. The standard InChI is InChI=1S/C16H23NO4/c1-3-4-5-6-7-8-15(18)17-13-11-12(16(19)20)9-10-14(13)21-2/h9-11H,3-8H2,1-2H3,(H,17,18)(H,19,20). The summed E-state index contributed by atoms with van der Waals surface area (Å²) in [4.78, 5) is 22.8. The topological polar surface area (TPSA) is 75.6 Å². The first kappa shape index (κ1) is 17.0. The van der Waals surface area contributed by atoms with E-state index in [4.69, 9.17) is 9.84 Å². The summed E-state index contributed by atoms with van der Waals surface area (Å²) in [6.07, 6.45) is 5.81. The molecule has 0 aromatic heterocycles. The molecular formula is C16H23NO4. The van der Waals surface area contributed by atoms with Crippen molar-refractivity contribution in [2.24, 2.45) is 0 Å². The summed E-state index contributed by atoms with van der Waals surface area (Å²) >= 11 is 0. The van der Waals surface area contributed by atoms with Crippen LogP contribution in [0.2, 0.25) is 0 Å². The van der Waals surface area contributed by atoms with Gasteiger partial charge in [0.15, 0.2) is 0 Å². The lowest BCUT2D eigenvalue weighted by Gasteiger charge is -2.11. The van der Waals surface area contributed by atoms with Gasteiger partial charge in [0.1, 0.15) is 5.75 Å². The molecule has 1 aromatic carbocycles. The van der Waals surface area contributed by atoms with Crippen LogP contribution in [0.25, 0.3) is 0 Å². The normalized spacial score (nSPS) is 10.2. The third kappa shape index (κ3) is 5.85. The Morgan fingerprint density at radius 2 is 1.90 bits per heavy atom. The molecule has 0 radical (unpaired) electrons. The van der Waals surface area contributed by atoms with Gasteiger partial charge < -0.3 is 15.2 Å². The Kier molecular flexibility index (Phi) is 7.29. The fraction of sp³-hybridized carbons (Fsp3) is 0.500. The summed E-state index contributed by atoms with van der Waals surface area (Å²) < 4.78 is 5.13. The largest absolute Gasteiger partial charge is 0.495 e. The highest BCUT2D eigenvalue weighted by Gasteiger charge is 2.11. The highest BCUT2D eigenvalue weighted by atomic mass is 16.5. The number of unbranched alkanes of at least 4 members (excludes halogenated alkanes) is 4. The smallest absolute Gasteiger partial charge is 0.335 e. The van der Waals surface area contributed by atoms with Crippen LogP contribution in [0, 0.1) is 0 Å². The van der Waals surface area contributed by atoms with E-state index < -0.39 is 5.97 Å². The van der Waals surface area contributed by atoms with Crippen LogP contribution in [0.5, 0.6) is 5.75 Å². The predicted octanol–water partition coefficient (Wildman–Crippen LogP) is 3.69. The van der Waals surface area contributed by atoms with E-state index in [0.717, 1.165) is 19.3 Å². The predicted molar refractivity (Wildman–Crippen MR) is 82.0 cm³/mol. The van der Waals surface area contributed by atoms with Gasteiger partial charge in [0, 0.05) is 6.42 Å². The van der Waals surface area contributed by atoms with E-state index in [0.29, 0.717) is 17.9 Å². The average Bonchev–Trinajstić information content (AvgIpc) is 2.46. The fourth-order valence-corrected chi connectivity index (χ4v) is 2.04. The van der Waals surface area contributed by atoms with Gasteiger partial charge in [0.05, 0.1) is 18.4 Å². The minimum atomic E-state index is -1.03. The van der Waals surface area contributed by atoms with E-state index in [1.54, 1.807) is 6.07 Å².